The second-order valence-corrected chi connectivity index (χ2v) is 10.8. The van der Waals surface area contributed by atoms with E-state index in [2.05, 4.69) is 51.4 Å². The molecule has 0 spiro atoms. The third-order valence-corrected chi connectivity index (χ3v) is 7.77. The quantitative estimate of drug-likeness (QED) is 0.297. The molecule has 0 bridgehead atoms. The van der Waals surface area contributed by atoms with E-state index in [1.165, 1.54) is 6.33 Å². The Labute approximate surface area is 236 Å². The molecule has 208 valence electrons. The minimum absolute atomic E-state index is 0.205. The Morgan fingerprint density at radius 2 is 1.41 bits per heavy atom. The van der Waals surface area contributed by atoms with Crippen molar-refractivity contribution in [1.29, 1.82) is 0 Å². The summed E-state index contributed by atoms with van der Waals surface area (Å²) in [5, 5.41) is 0. The van der Waals surface area contributed by atoms with Gasteiger partial charge in [0.05, 0.1) is 19.3 Å². The second kappa shape index (κ2) is 10.0. The predicted octanol–water partition coefficient (Wildman–Crippen LogP) is 4.55. The average molecular weight is 551 g/mol. The van der Waals surface area contributed by atoms with E-state index in [1.807, 2.05) is 68.4 Å². The Morgan fingerprint density at radius 3 is 2.00 bits per heavy atom. The van der Waals surface area contributed by atoms with Gasteiger partial charge in [0.25, 0.3) is 5.56 Å². The van der Waals surface area contributed by atoms with Crippen LogP contribution in [0.2, 0.25) is 0 Å². The molecule has 41 heavy (non-hydrogen) atoms. The Kier molecular flexibility index (Phi) is 6.32. The van der Waals surface area contributed by atoms with Crippen molar-refractivity contribution in [3.63, 3.8) is 0 Å². The molecular weight excluding hydrogens is 520 g/mol. The molecule has 0 amide bonds. The highest BCUT2D eigenvalue weighted by Gasteiger charge is 2.57. The first kappa shape index (κ1) is 25.8. The molecule has 4 heterocycles. The molecule has 9 nitrogen and oxygen atoms in total. The van der Waals surface area contributed by atoms with Crippen molar-refractivity contribution in [3.05, 3.63) is 131 Å². The van der Waals surface area contributed by atoms with Gasteiger partial charge in [0.15, 0.2) is 23.2 Å². The first-order chi connectivity index (χ1) is 20.0. The fourth-order valence-corrected chi connectivity index (χ4v) is 6.04. The van der Waals surface area contributed by atoms with E-state index in [1.54, 1.807) is 10.9 Å². The smallest absolute Gasteiger partial charge is 0.278 e. The topological polar surface area (TPSA) is 100 Å². The number of benzene rings is 3. The van der Waals surface area contributed by atoms with Crippen LogP contribution in [0.3, 0.4) is 0 Å². The summed E-state index contributed by atoms with van der Waals surface area (Å²) < 4.78 is 28.1. The van der Waals surface area contributed by atoms with Crippen molar-refractivity contribution in [3.8, 4) is 0 Å². The zero-order valence-electron chi connectivity index (χ0n) is 22.7. The number of ether oxygens (including phenoxy) is 4. The van der Waals surface area contributed by atoms with Crippen LogP contribution in [-0.2, 0) is 24.5 Å². The standard InChI is InChI=1S/C32H30N4O5/c1-31(2)40-26-24(39-30(27(26)41-31)36-20-35-25-28(36)33-19-34-29(25)37)18-38-32(21-12-6-3-7-13-21,22-14-8-4-9-15-22)23-16-10-5-11-17-23/h3-17,19-20,24,26-27,30H,18H2,1-2H3,(H,33,34,37)/t24-,26-,27+,30-/m0/s1. The molecule has 1 N–H and O–H groups in total. The zero-order chi connectivity index (χ0) is 28.0. The van der Waals surface area contributed by atoms with Crippen LogP contribution in [0, 0.1) is 0 Å². The molecule has 0 aliphatic carbocycles. The van der Waals surface area contributed by atoms with Crippen LogP contribution in [-0.4, -0.2) is 50.2 Å². The number of H-pyrrole nitrogens is 1. The third kappa shape index (κ3) is 4.38. The monoisotopic (exact) mass is 550 g/mol. The first-order valence-corrected chi connectivity index (χ1v) is 13.7. The number of nitrogens with zero attached hydrogens (tertiary/aromatic N) is 3. The molecule has 0 radical (unpaired) electrons. The van der Waals surface area contributed by atoms with Crippen molar-refractivity contribution in [2.75, 3.05) is 6.61 Å². The van der Waals surface area contributed by atoms with E-state index < -0.39 is 35.9 Å². The van der Waals surface area contributed by atoms with Gasteiger partial charge in [-0.05, 0) is 30.5 Å². The molecule has 2 saturated heterocycles. The minimum atomic E-state index is -0.910. The first-order valence-electron chi connectivity index (χ1n) is 13.7. The van der Waals surface area contributed by atoms with E-state index in [9.17, 15) is 4.79 Å². The van der Waals surface area contributed by atoms with Gasteiger partial charge in [0.1, 0.15) is 23.9 Å². The number of hydrogen-bond donors (Lipinski definition) is 1. The fraction of sp³-hybridized carbons (Fsp3) is 0.281. The molecule has 2 aliphatic heterocycles. The highest BCUT2D eigenvalue weighted by molar-refractivity contribution is 5.68. The lowest BCUT2D eigenvalue weighted by atomic mass is 9.80. The van der Waals surface area contributed by atoms with E-state index in [0.717, 1.165) is 16.7 Å². The van der Waals surface area contributed by atoms with Crippen molar-refractivity contribution in [2.24, 2.45) is 0 Å². The van der Waals surface area contributed by atoms with Gasteiger partial charge in [0, 0.05) is 0 Å². The van der Waals surface area contributed by atoms with Crippen LogP contribution in [0.25, 0.3) is 11.2 Å². The van der Waals surface area contributed by atoms with Crippen LogP contribution in [0.5, 0.6) is 0 Å². The average Bonchev–Trinajstić information content (AvgIpc) is 3.67. The van der Waals surface area contributed by atoms with Gasteiger partial charge in [-0.1, -0.05) is 91.0 Å². The Balaban J connectivity index is 1.29. The maximum absolute atomic E-state index is 12.3. The third-order valence-electron chi connectivity index (χ3n) is 7.77. The van der Waals surface area contributed by atoms with Crippen molar-refractivity contribution in [1.82, 2.24) is 19.5 Å². The molecule has 4 atom stereocenters. The van der Waals surface area contributed by atoms with Crippen LogP contribution in [0.4, 0.5) is 0 Å². The number of fused-ring (bicyclic) bond motifs is 2. The molecular formula is C32H30N4O5. The lowest BCUT2D eigenvalue weighted by Gasteiger charge is -2.37. The highest BCUT2D eigenvalue weighted by atomic mass is 16.8. The summed E-state index contributed by atoms with van der Waals surface area (Å²) in [5.74, 6) is -0.827. The van der Waals surface area contributed by atoms with E-state index in [0.29, 0.717) is 5.65 Å². The Hall–Kier alpha value is -4.15. The van der Waals surface area contributed by atoms with Crippen LogP contribution in [0.1, 0.15) is 36.8 Å². The van der Waals surface area contributed by atoms with Crippen LogP contribution < -0.4 is 5.56 Å². The number of aromatic nitrogens is 4. The highest BCUT2D eigenvalue weighted by Crippen LogP contribution is 2.46. The van der Waals surface area contributed by atoms with Crippen LogP contribution in [0.15, 0.2) is 108 Å². The summed E-state index contributed by atoms with van der Waals surface area (Å²) in [5.41, 5.74) is 2.42. The lowest BCUT2D eigenvalue weighted by molar-refractivity contribution is -0.204. The minimum Gasteiger partial charge on any atom is -0.358 e. The van der Waals surface area contributed by atoms with Gasteiger partial charge >= 0.3 is 0 Å². The Morgan fingerprint density at radius 1 is 0.854 bits per heavy atom. The summed E-state index contributed by atoms with van der Waals surface area (Å²) in [6.45, 7) is 3.98. The molecule has 2 aliphatic rings. The van der Waals surface area contributed by atoms with E-state index >= 15 is 0 Å². The summed E-state index contributed by atoms with van der Waals surface area (Å²) in [6, 6.07) is 30.6. The number of hydrogen-bond acceptors (Lipinski definition) is 7. The fourth-order valence-electron chi connectivity index (χ4n) is 6.04. The normalized spacial score (nSPS) is 23.6. The molecule has 0 saturated carbocycles. The predicted molar refractivity (Wildman–Crippen MR) is 151 cm³/mol. The Bertz CT molecular complexity index is 1610. The number of aromatic amines is 1. The maximum atomic E-state index is 12.3. The van der Waals surface area contributed by atoms with Gasteiger partial charge in [-0.2, -0.15) is 0 Å². The molecule has 9 heteroatoms. The van der Waals surface area contributed by atoms with Crippen LogP contribution >= 0.6 is 0 Å². The number of rotatable bonds is 7. The summed E-state index contributed by atoms with van der Waals surface area (Å²) in [6.07, 6.45) is 0.941. The molecule has 2 aromatic heterocycles. The summed E-state index contributed by atoms with van der Waals surface area (Å²) >= 11 is 0. The van der Waals surface area contributed by atoms with Crippen molar-refractivity contribution < 1.29 is 18.9 Å². The van der Waals surface area contributed by atoms with Crippen molar-refractivity contribution in [2.45, 2.75) is 49.8 Å². The molecule has 0 unspecified atom stereocenters. The van der Waals surface area contributed by atoms with Gasteiger partial charge in [-0.15, -0.1) is 0 Å². The summed E-state index contributed by atoms with van der Waals surface area (Å²) in [4.78, 5) is 23.6. The largest absolute Gasteiger partial charge is 0.358 e. The molecule has 3 aromatic carbocycles. The van der Waals surface area contributed by atoms with Gasteiger partial charge < -0.3 is 23.9 Å². The van der Waals surface area contributed by atoms with Gasteiger partial charge in [-0.25, -0.2) is 9.97 Å². The van der Waals surface area contributed by atoms with Gasteiger partial charge in [0.2, 0.25) is 0 Å². The maximum Gasteiger partial charge on any atom is 0.278 e. The van der Waals surface area contributed by atoms with E-state index in [4.69, 9.17) is 18.9 Å². The molecule has 5 aromatic rings. The second-order valence-electron chi connectivity index (χ2n) is 10.8. The summed E-state index contributed by atoms with van der Waals surface area (Å²) in [7, 11) is 0. The lowest BCUT2D eigenvalue weighted by Crippen LogP contribution is -2.39. The molecule has 2 fully saturated rings. The van der Waals surface area contributed by atoms with E-state index in [-0.39, 0.29) is 17.7 Å². The number of imidazole rings is 1. The van der Waals surface area contributed by atoms with Crippen molar-refractivity contribution >= 4 is 11.2 Å². The molecule has 7 rings (SSSR count). The SMILES string of the molecule is CC1(C)O[C@@H]2[C@@H](O1)[C@@H](n1cnc3c(=O)[nH]cnc31)O[C@H]2COC(c1ccccc1)(c1ccccc1)c1ccccc1. The zero-order valence-corrected chi connectivity index (χ0v) is 22.7. The van der Waals surface area contributed by atoms with Gasteiger partial charge in [-0.3, -0.25) is 9.36 Å². The number of nitrogens with one attached hydrogen (secondary N) is 1.